The normalized spacial score (nSPS) is 12.5. The van der Waals surface area contributed by atoms with Crippen LogP contribution in [-0.4, -0.2) is 10.7 Å². The summed E-state index contributed by atoms with van der Waals surface area (Å²) in [6.07, 6.45) is 1.98. The first-order valence-corrected chi connectivity index (χ1v) is 7.93. The van der Waals surface area contributed by atoms with Gasteiger partial charge in [-0.3, -0.25) is 4.79 Å². The molecule has 1 aromatic heterocycles. The number of ether oxygens (including phenoxy) is 1. The quantitative estimate of drug-likeness (QED) is 0.715. The van der Waals surface area contributed by atoms with Crippen LogP contribution in [-0.2, 0) is 0 Å². The van der Waals surface area contributed by atoms with Crippen LogP contribution in [0.25, 0.3) is 10.8 Å². The lowest BCUT2D eigenvalue weighted by molar-refractivity contribution is 0.243. The van der Waals surface area contributed by atoms with Crippen LogP contribution >= 0.6 is 0 Å². The molecule has 0 N–H and O–H groups in total. The molecular formula is C20H21NO2. The van der Waals surface area contributed by atoms with Gasteiger partial charge in [0, 0.05) is 11.6 Å². The van der Waals surface area contributed by atoms with Crippen LogP contribution in [0.15, 0.2) is 65.6 Å². The molecule has 0 bridgehead atoms. The van der Waals surface area contributed by atoms with Gasteiger partial charge in [0.15, 0.2) is 0 Å². The molecule has 0 saturated carbocycles. The molecule has 1 unspecified atom stereocenters. The fraction of sp³-hybridized carbons (Fsp3) is 0.250. The molecule has 23 heavy (non-hydrogen) atoms. The Labute approximate surface area is 136 Å². The van der Waals surface area contributed by atoms with Crippen molar-refractivity contribution in [2.45, 2.75) is 32.9 Å². The number of hydrogen-bond donors (Lipinski definition) is 0. The van der Waals surface area contributed by atoms with Crippen molar-refractivity contribution in [3.63, 3.8) is 0 Å². The van der Waals surface area contributed by atoms with Crippen LogP contribution in [0, 0.1) is 0 Å². The van der Waals surface area contributed by atoms with Gasteiger partial charge in [0.05, 0.1) is 12.1 Å². The van der Waals surface area contributed by atoms with Crippen molar-refractivity contribution in [3.8, 4) is 5.75 Å². The lowest BCUT2D eigenvalue weighted by Gasteiger charge is -2.17. The topological polar surface area (TPSA) is 31.2 Å². The van der Waals surface area contributed by atoms with Crippen molar-refractivity contribution in [1.29, 1.82) is 0 Å². The Bertz CT molecular complexity index is 866. The number of aromatic nitrogens is 1. The van der Waals surface area contributed by atoms with Crippen molar-refractivity contribution < 1.29 is 4.74 Å². The first kappa shape index (κ1) is 15.3. The number of benzene rings is 2. The fourth-order valence-corrected chi connectivity index (χ4v) is 2.78. The van der Waals surface area contributed by atoms with E-state index >= 15 is 0 Å². The molecule has 0 spiro atoms. The maximum atomic E-state index is 12.8. The molecule has 1 atom stereocenters. The Balaban J connectivity index is 2.04. The second-order valence-electron chi connectivity index (χ2n) is 6.03. The van der Waals surface area contributed by atoms with Crippen LogP contribution in [0.5, 0.6) is 5.75 Å². The van der Waals surface area contributed by atoms with Crippen molar-refractivity contribution >= 4 is 10.8 Å². The zero-order valence-electron chi connectivity index (χ0n) is 13.7. The monoisotopic (exact) mass is 307 g/mol. The van der Waals surface area contributed by atoms with Crippen molar-refractivity contribution in [2.24, 2.45) is 0 Å². The van der Waals surface area contributed by atoms with Crippen molar-refractivity contribution in [1.82, 2.24) is 4.57 Å². The average Bonchev–Trinajstić information content (AvgIpc) is 2.55. The zero-order chi connectivity index (χ0) is 16.4. The highest BCUT2D eigenvalue weighted by atomic mass is 16.5. The molecule has 3 nitrogen and oxygen atoms in total. The Hall–Kier alpha value is -2.55. The summed E-state index contributed by atoms with van der Waals surface area (Å²) in [6.45, 7) is 6.02. The first-order valence-electron chi connectivity index (χ1n) is 7.93. The molecule has 3 aromatic rings. The summed E-state index contributed by atoms with van der Waals surface area (Å²) in [5.41, 5.74) is 1.14. The molecule has 0 aliphatic rings. The molecule has 3 heteroatoms. The summed E-state index contributed by atoms with van der Waals surface area (Å²) >= 11 is 0. The lowest BCUT2D eigenvalue weighted by atomic mass is 10.1. The third kappa shape index (κ3) is 3.14. The standard InChI is InChI=1S/C20H21NO2/c1-14(2)23-18-9-10-19-17(13-18)11-12-21(20(19)22)15(3)16-7-5-4-6-8-16/h4-15H,1-3H3. The van der Waals surface area contributed by atoms with E-state index in [0.29, 0.717) is 5.39 Å². The third-order valence-corrected chi connectivity index (χ3v) is 3.97. The van der Waals surface area contributed by atoms with E-state index < -0.39 is 0 Å². The zero-order valence-corrected chi connectivity index (χ0v) is 13.7. The largest absolute Gasteiger partial charge is 0.491 e. The molecule has 0 radical (unpaired) electrons. The maximum Gasteiger partial charge on any atom is 0.258 e. The van der Waals surface area contributed by atoms with Crippen molar-refractivity contribution in [2.75, 3.05) is 0 Å². The smallest absolute Gasteiger partial charge is 0.258 e. The van der Waals surface area contributed by atoms with Gasteiger partial charge in [-0.05, 0) is 56.0 Å². The van der Waals surface area contributed by atoms with E-state index in [4.69, 9.17) is 4.74 Å². The fourth-order valence-electron chi connectivity index (χ4n) is 2.78. The number of hydrogen-bond acceptors (Lipinski definition) is 2. The van der Waals surface area contributed by atoms with Crippen LogP contribution in [0.3, 0.4) is 0 Å². The summed E-state index contributed by atoms with van der Waals surface area (Å²) in [5, 5.41) is 1.62. The number of pyridine rings is 1. The summed E-state index contributed by atoms with van der Waals surface area (Å²) in [7, 11) is 0. The highest BCUT2D eigenvalue weighted by Gasteiger charge is 2.11. The van der Waals surface area contributed by atoms with Gasteiger partial charge in [-0.25, -0.2) is 0 Å². The molecule has 2 aromatic carbocycles. The second-order valence-corrected chi connectivity index (χ2v) is 6.03. The van der Waals surface area contributed by atoms with Gasteiger partial charge in [0.25, 0.3) is 5.56 Å². The molecule has 0 amide bonds. The van der Waals surface area contributed by atoms with E-state index in [1.54, 1.807) is 4.57 Å². The number of rotatable bonds is 4. The highest BCUT2D eigenvalue weighted by molar-refractivity contribution is 5.82. The Kier molecular flexibility index (Phi) is 4.20. The summed E-state index contributed by atoms with van der Waals surface area (Å²) in [4.78, 5) is 12.8. The average molecular weight is 307 g/mol. The molecular weight excluding hydrogens is 286 g/mol. The summed E-state index contributed by atoms with van der Waals surface area (Å²) < 4.78 is 7.48. The summed E-state index contributed by atoms with van der Waals surface area (Å²) in [5.74, 6) is 0.792. The van der Waals surface area contributed by atoms with Gasteiger partial charge < -0.3 is 9.30 Å². The maximum absolute atomic E-state index is 12.8. The van der Waals surface area contributed by atoms with Gasteiger partial charge in [0.2, 0.25) is 0 Å². The Morgan fingerprint density at radius 1 is 0.957 bits per heavy atom. The molecule has 3 rings (SSSR count). The number of nitrogens with zero attached hydrogens (tertiary/aromatic N) is 1. The molecule has 118 valence electrons. The minimum atomic E-state index is -0.000287. The molecule has 0 aliphatic heterocycles. The van der Waals surface area contributed by atoms with Crippen molar-refractivity contribution in [3.05, 3.63) is 76.7 Å². The lowest BCUT2D eigenvalue weighted by Crippen LogP contribution is -2.23. The van der Waals surface area contributed by atoms with Gasteiger partial charge in [-0.1, -0.05) is 30.3 Å². The highest BCUT2D eigenvalue weighted by Crippen LogP contribution is 2.21. The molecule has 1 heterocycles. The van der Waals surface area contributed by atoms with E-state index in [9.17, 15) is 4.79 Å². The van der Waals surface area contributed by atoms with E-state index in [1.807, 2.05) is 81.6 Å². The molecule has 0 aliphatic carbocycles. The summed E-state index contributed by atoms with van der Waals surface area (Å²) in [6, 6.07) is 17.7. The Morgan fingerprint density at radius 2 is 1.70 bits per heavy atom. The predicted molar refractivity (Wildman–Crippen MR) is 94.2 cm³/mol. The number of fused-ring (bicyclic) bond motifs is 1. The van der Waals surface area contributed by atoms with E-state index in [-0.39, 0.29) is 17.7 Å². The Morgan fingerprint density at radius 3 is 2.39 bits per heavy atom. The van der Waals surface area contributed by atoms with Gasteiger partial charge in [0.1, 0.15) is 5.75 Å². The molecule has 0 saturated heterocycles. The first-order chi connectivity index (χ1) is 11.1. The van der Waals surface area contributed by atoms with Crippen LogP contribution in [0.4, 0.5) is 0 Å². The van der Waals surface area contributed by atoms with E-state index in [0.717, 1.165) is 16.7 Å². The SMILES string of the molecule is CC(C)Oc1ccc2c(=O)n(C(C)c3ccccc3)ccc2c1. The molecule has 0 fully saturated rings. The second kappa shape index (κ2) is 6.29. The van der Waals surface area contributed by atoms with E-state index in [1.165, 1.54) is 0 Å². The van der Waals surface area contributed by atoms with Crippen LogP contribution in [0.1, 0.15) is 32.4 Å². The predicted octanol–water partition coefficient (Wildman–Crippen LogP) is 4.40. The third-order valence-electron chi connectivity index (χ3n) is 3.97. The van der Waals surface area contributed by atoms with Gasteiger partial charge in [-0.2, -0.15) is 0 Å². The van der Waals surface area contributed by atoms with Gasteiger partial charge in [-0.15, -0.1) is 0 Å². The van der Waals surface area contributed by atoms with Crippen LogP contribution in [0.2, 0.25) is 0 Å². The van der Waals surface area contributed by atoms with Gasteiger partial charge >= 0.3 is 0 Å². The van der Waals surface area contributed by atoms with E-state index in [2.05, 4.69) is 0 Å². The minimum Gasteiger partial charge on any atom is -0.491 e. The van der Waals surface area contributed by atoms with Crippen LogP contribution < -0.4 is 10.3 Å². The minimum absolute atomic E-state index is 0.000287.